The zero-order valence-electron chi connectivity index (χ0n) is 13.0. The van der Waals surface area contributed by atoms with Gasteiger partial charge in [-0.3, -0.25) is 9.69 Å². The molecule has 0 aromatic carbocycles. The van der Waals surface area contributed by atoms with E-state index in [1.807, 2.05) is 22.4 Å². The molecule has 0 unspecified atom stereocenters. The Morgan fingerprint density at radius 3 is 2.72 bits per heavy atom. The monoisotopic (exact) mass is 392 g/mol. The number of thiophene rings is 1. The van der Waals surface area contributed by atoms with Gasteiger partial charge in [0.2, 0.25) is 17.6 Å². The van der Waals surface area contributed by atoms with E-state index in [1.165, 1.54) is 16.2 Å². The number of thioether (sulfide) groups is 1. The topological polar surface area (TPSA) is 62.5 Å². The highest BCUT2D eigenvalue weighted by Crippen LogP contribution is 2.30. The second kappa shape index (κ2) is 7.75. The Morgan fingerprint density at radius 2 is 2.08 bits per heavy atom. The van der Waals surface area contributed by atoms with E-state index in [9.17, 15) is 18.0 Å². The Bertz CT molecular complexity index is 697. The van der Waals surface area contributed by atoms with Crippen LogP contribution < -0.4 is 0 Å². The van der Waals surface area contributed by atoms with Gasteiger partial charge in [-0.15, -0.1) is 11.3 Å². The van der Waals surface area contributed by atoms with Gasteiger partial charge in [0.05, 0.1) is 17.2 Å². The van der Waals surface area contributed by atoms with Crippen molar-refractivity contribution >= 4 is 29.0 Å². The predicted molar refractivity (Wildman–Crippen MR) is 88.0 cm³/mol. The molecular formula is C14H15F3N4O2S2. The van der Waals surface area contributed by atoms with E-state index >= 15 is 0 Å². The van der Waals surface area contributed by atoms with Crippen LogP contribution in [0.2, 0.25) is 0 Å². The van der Waals surface area contributed by atoms with Crippen LogP contribution in [-0.4, -0.2) is 63.3 Å². The van der Waals surface area contributed by atoms with Gasteiger partial charge < -0.3 is 9.42 Å². The number of rotatable bonds is 5. The van der Waals surface area contributed by atoms with Crippen LogP contribution in [0.4, 0.5) is 13.2 Å². The maximum Gasteiger partial charge on any atom is 0.442 e. The van der Waals surface area contributed by atoms with Crippen LogP contribution in [-0.2, 0) is 11.3 Å². The lowest BCUT2D eigenvalue weighted by molar-refractivity contribution is -0.130. The standard InChI is InChI=1S/C14H15F3N4O2S2/c15-14(16,17)25-9-12(22)21-5-3-20(4-6-21)8-11-18-13(19-23-11)10-2-1-7-24-10/h1-2,7H,3-6,8-9H2. The van der Waals surface area contributed by atoms with Crippen molar-refractivity contribution in [3.63, 3.8) is 0 Å². The molecule has 2 aromatic rings. The van der Waals surface area contributed by atoms with Crippen molar-refractivity contribution in [3.05, 3.63) is 23.4 Å². The summed E-state index contributed by atoms with van der Waals surface area (Å²) >= 11 is 1.22. The van der Waals surface area contributed by atoms with Crippen LogP contribution in [0.15, 0.2) is 22.0 Å². The number of amides is 1. The molecule has 0 atom stereocenters. The first-order valence-corrected chi connectivity index (χ1v) is 9.34. The Hall–Kier alpha value is -1.59. The van der Waals surface area contributed by atoms with Crippen molar-refractivity contribution < 1.29 is 22.5 Å². The van der Waals surface area contributed by atoms with E-state index in [0.717, 1.165) is 4.88 Å². The highest BCUT2D eigenvalue weighted by molar-refractivity contribution is 8.00. The van der Waals surface area contributed by atoms with E-state index in [1.54, 1.807) is 0 Å². The van der Waals surface area contributed by atoms with Crippen molar-refractivity contribution in [1.82, 2.24) is 19.9 Å². The second-order valence-electron chi connectivity index (χ2n) is 5.38. The van der Waals surface area contributed by atoms with Gasteiger partial charge in [-0.05, 0) is 23.2 Å². The van der Waals surface area contributed by atoms with E-state index in [0.29, 0.717) is 44.4 Å². The molecule has 0 spiro atoms. The lowest BCUT2D eigenvalue weighted by atomic mass is 10.3. The highest BCUT2D eigenvalue weighted by Gasteiger charge is 2.31. The maximum absolute atomic E-state index is 12.2. The Labute approximate surface area is 150 Å². The molecule has 25 heavy (non-hydrogen) atoms. The summed E-state index contributed by atoms with van der Waals surface area (Å²) in [6.07, 6.45) is 0. The van der Waals surface area contributed by atoms with Crippen molar-refractivity contribution in [3.8, 4) is 10.7 Å². The van der Waals surface area contributed by atoms with Gasteiger partial charge in [0, 0.05) is 26.2 Å². The molecule has 1 saturated heterocycles. The summed E-state index contributed by atoms with van der Waals surface area (Å²) in [4.78, 5) is 20.5. The van der Waals surface area contributed by atoms with Gasteiger partial charge in [-0.25, -0.2) is 0 Å². The summed E-state index contributed by atoms with van der Waals surface area (Å²) in [6.45, 7) is 2.35. The highest BCUT2D eigenvalue weighted by atomic mass is 32.2. The Kier molecular flexibility index (Phi) is 5.64. The van der Waals surface area contributed by atoms with Crippen LogP contribution in [0.3, 0.4) is 0 Å². The SMILES string of the molecule is O=C(CSC(F)(F)F)N1CCN(Cc2nc(-c3cccs3)no2)CC1. The van der Waals surface area contributed by atoms with Gasteiger partial charge in [-0.1, -0.05) is 11.2 Å². The van der Waals surface area contributed by atoms with Gasteiger partial charge in [-0.2, -0.15) is 18.2 Å². The van der Waals surface area contributed by atoms with E-state index in [-0.39, 0.29) is 11.8 Å². The minimum Gasteiger partial charge on any atom is -0.339 e. The molecule has 0 aliphatic carbocycles. The third-order valence-electron chi connectivity index (χ3n) is 3.65. The summed E-state index contributed by atoms with van der Waals surface area (Å²) in [5.41, 5.74) is -4.38. The molecule has 1 aliphatic rings. The van der Waals surface area contributed by atoms with Crippen molar-refractivity contribution in [2.24, 2.45) is 0 Å². The van der Waals surface area contributed by atoms with Crippen LogP contribution in [0.25, 0.3) is 10.7 Å². The summed E-state index contributed by atoms with van der Waals surface area (Å²) in [5.74, 6) is -0.0318. The average Bonchev–Trinajstić information content (AvgIpc) is 3.24. The summed E-state index contributed by atoms with van der Waals surface area (Å²) in [5, 5.41) is 5.87. The molecule has 0 N–H and O–H groups in total. The van der Waals surface area contributed by atoms with Gasteiger partial charge in [0.25, 0.3) is 0 Å². The normalized spacial score (nSPS) is 16.4. The number of alkyl halides is 3. The molecule has 2 aromatic heterocycles. The van der Waals surface area contributed by atoms with Gasteiger partial charge in [0.1, 0.15) is 0 Å². The number of hydrogen-bond donors (Lipinski definition) is 0. The molecule has 1 fully saturated rings. The number of piperazine rings is 1. The molecule has 1 aliphatic heterocycles. The van der Waals surface area contributed by atoms with Gasteiger partial charge >= 0.3 is 5.51 Å². The predicted octanol–water partition coefficient (Wildman–Crippen LogP) is 2.70. The number of aromatic nitrogens is 2. The first-order chi connectivity index (χ1) is 11.9. The van der Waals surface area contributed by atoms with Crippen LogP contribution in [0, 0.1) is 0 Å². The zero-order valence-corrected chi connectivity index (χ0v) is 14.7. The fourth-order valence-electron chi connectivity index (χ4n) is 2.41. The molecule has 1 amide bonds. The zero-order chi connectivity index (χ0) is 17.9. The van der Waals surface area contributed by atoms with Crippen LogP contribution in [0.1, 0.15) is 5.89 Å². The van der Waals surface area contributed by atoms with Crippen molar-refractivity contribution in [2.45, 2.75) is 12.1 Å². The summed E-state index contributed by atoms with van der Waals surface area (Å²) in [6, 6.07) is 3.81. The summed E-state index contributed by atoms with van der Waals surface area (Å²) in [7, 11) is 0. The second-order valence-corrected chi connectivity index (χ2v) is 7.37. The van der Waals surface area contributed by atoms with E-state index < -0.39 is 17.2 Å². The van der Waals surface area contributed by atoms with E-state index in [2.05, 4.69) is 10.1 Å². The van der Waals surface area contributed by atoms with Crippen LogP contribution in [0.5, 0.6) is 0 Å². The van der Waals surface area contributed by atoms with Gasteiger partial charge in [0.15, 0.2) is 0 Å². The number of carbonyl (C=O) groups excluding carboxylic acids is 1. The van der Waals surface area contributed by atoms with Crippen molar-refractivity contribution in [1.29, 1.82) is 0 Å². The molecule has 136 valence electrons. The largest absolute Gasteiger partial charge is 0.442 e. The Balaban J connectivity index is 1.46. The lowest BCUT2D eigenvalue weighted by Crippen LogP contribution is -2.49. The molecule has 6 nitrogen and oxygen atoms in total. The fourth-order valence-corrected chi connectivity index (χ4v) is 3.53. The molecule has 0 bridgehead atoms. The number of carbonyl (C=O) groups is 1. The van der Waals surface area contributed by atoms with Crippen molar-refractivity contribution in [2.75, 3.05) is 31.9 Å². The minimum absolute atomic E-state index is 0.297. The first-order valence-electron chi connectivity index (χ1n) is 7.48. The minimum atomic E-state index is -4.38. The number of hydrogen-bond acceptors (Lipinski definition) is 7. The third-order valence-corrected chi connectivity index (χ3v) is 5.24. The number of nitrogens with zero attached hydrogens (tertiary/aromatic N) is 4. The fraction of sp³-hybridized carbons (Fsp3) is 0.500. The number of halogens is 3. The molecule has 0 saturated carbocycles. The Morgan fingerprint density at radius 1 is 1.32 bits per heavy atom. The lowest BCUT2D eigenvalue weighted by Gasteiger charge is -2.33. The van der Waals surface area contributed by atoms with Crippen LogP contribution >= 0.6 is 23.1 Å². The average molecular weight is 392 g/mol. The molecule has 0 radical (unpaired) electrons. The maximum atomic E-state index is 12.2. The smallest absolute Gasteiger partial charge is 0.339 e. The quantitative estimate of drug-likeness (QED) is 0.780. The molecule has 3 rings (SSSR count). The van der Waals surface area contributed by atoms with E-state index in [4.69, 9.17) is 4.52 Å². The third kappa shape index (κ3) is 5.19. The molecular weight excluding hydrogens is 377 g/mol. The first kappa shape index (κ1) is 18.2. The molecule has 11 heteroatoms. The summed E-state index contributed by atoms with van der Waals surface area (Å²) < 4.78 is 41.7. The molecule has 3 heterocycles.